The molecule has 0 amide bonds. The third kappa shape index (κ3) is 3.38. The Kier molecular flexibility index (Phi) is 4.63. The van der Waals surface area contributed by atoms with Gasteiger partial charge in [0.2, 0.25) is 0 Å². The quantitative estimate of drug-likeness (QED) is 0.825. The molecule has 0 fully saturated rings. The molecule has 2 N–H and O–H groups in total. The summed E-state index contributed by atoms with van der Waals surface area (Å²) in [5, 5.41) is 0. The molecule has 0 bridgehead atoms. The molecule has 0 saturated carbocycles. The van der Waals surface area contributed by atoms with Gasteiger partial charge in [-0.25, -0.2) is 4.98 Å². The topological polar surface area (TPSA) is 57.4 Å². The van der Waals surface area contributed by atoms with E-state index in [2.05, 4.69) is 4.98 Å². The van der Waals surface area contributed by atoms with Gasteiger partial charge in [0.25, 0.3) is 0 Å². The van der Waals surface area contributed by atoms with Crippen LogP contribution < -0.4 is 15.2 Å². The van der Waals surface area contributed by atoms with E-state index in [-0.39, 0.29) is 0 Å². The van der Waals surface area contributed by atoms with Gasteiger partial charge in [-0.1, -0.05) is 6.07 Å². The highest BCUT2D eigenvalue weighted by Crippen LogP contribution is 2.31. The molecule has 0 atom stereocenters. The maximum absolute atomic E-state index is 6.00. The average Bonchev–Trinajstić information content (AvgIpc) is 2.80. The van der Waals surface area contributed by atoms with Gasteiger partial charge < -0.3 is 15.2 Å². The Morgan fingerprint density at radius 1 is 1.26 bits per heavy atom. The third-order valence-corrected chi connectivity index (χ3v) is 3.75. The second-order valence-corrected chi connectivity index (χ2v) is 5.00. The molecule has 0 unspecified atom stereocenters. The van der Waals surface area contributed by atoms with Crippen LogP contribution in [0.25, 0.3) is 0 Å². The number of thiazole rings is 1. The standard InChI is InChI=1S/C14H18N2O2S/c1-3-17-11-5-4-6-12(14(11)15)18-8-7-13-10(2)16-9-19-13/h4-6,9H,3,7-8,15H2,1-2H3. The Morgan fingerprint density at radius 2 is 2.00 bits per heavy atom. The van der Waals surface area contributed by atoms with Crippen LogP contribution in [0.1, 0.15) is 17.5 Å². The minimum atomic E-state index is 0.561. The summed E-state index contributed by atoms with van der Waals surface area (Å²) < 4.78 is 11.2. The second kappa shape index (κ2) is 6.43. The zero-order chi connectivity index (χ0) is 13.7. The lowest BCUT2D eigenvalue weighted by atomic mass is 10.2. The largest absolute Gasteiger partial charge is 0.492 e. The maximum atomic E-state index is 6.00. The van der Waals surface area contributed by atoms with Crippen LogP contribution in [0.15, 0.2) is 23.7 Å². The predicted molar refractivity (Wildman–Crippen MR) is 78.1 cm³/mol. The van der Waals surface area contributed by atoms with Crippen LogP contribution in [0.2, 0.25) is 0 Å². The lowest BCUT2D eigenvalue weighted by molar-refractivity contribution is 0.316. The summed E-state index contributed by atoms with van der Waals surface area (Å²) in [5.41, 5.74) is 9.49. The molecule has 1 heterocycles. The molecule has 2 aromatic rings. The number of benzene rings is 1. The molecule has 0 aliphatic rings. The third-order valence-electron chi connectivity index (χ3n) is 2.76. The molecule has 0 spiro atoms. The molecule has 0 aliphatic carbocycles. The minimum absolute atomic E-state index is 0.561. The van der Waals surface area contributed by atoms with Crippen molar-refractivity contribution in [2.45, 2.75) is 20.3 Å². The summed E-state index contributed by atoms with van der Waals surface area (Å²) in [4.78, 5) is 5.47. The number of nitrogen functional groups attached to an aromatic ring is 1. The number of aromatic nitrogens is 1. The Labute approximate surface area is 117 Å². The lowest BCUT2D eigenvalue weighted by Crippen LogP contribution is -2.05. The van der Waals surface area contributed by atoms with Gasteiger partial charge in [-0.15, -0.1) is 11.3 Å². The molecule has 1 aromatic carbocycles. The molecule has 0 radical (unpaired) electrons. The van der Waals surface area contributed by atoms with Gasteiger partial charge in [-0.3, -0.25) is 0 Å². The van der Waals surface area contributed by atoms with Gasteiger partial charge in [0.1, 0.15) is 17.2 Å². The van der Waals surface area contributed by atoms with E-state index in [4.69, 9.17) is 15.2 Å². The van der Waals surface area contributed by atoms with Gasteiger partial charge in [0.15, 0.2) is 0 Å². The molecule has 0 saturated heterocycles. The molecule has 2 rings (SSSR count). The molecule has 0 aliphatic heterocycles. The van der Waals surface area contributed by atoms with E-state index in [0.29, 0.717) is 30.4 Å². The maximum Gasteiger partial charge on any atom is 0.146 e. The number of rotatable bonds is 6. The highest BCUT2D eigenvalue weighted by Gasteiger charge is 2.07. The summed E-state index contributed by atoms with van der Waals surface area (Å²) in [6.45, 7) is 5.12. The first-order valence-electron chi connectivity index (χ1n) is 6.25. The monoisotopic (exact) mass is 278 g/mol. The van der Waals surface area contributed by atoms with Crippen LogP contribution in [0.3, 0.4) is 0 Å². The van der Waals surface area contributed by atoms with Gasteiger partial charge >= 0.3 is 0 Å². The van der Waals surface area contributed by atoms with Crippen LogP contribution >= 0.6 is 11.3 Å². The summed E-state index contributed by atoms with van der Waals surface area (Å²) >= 11 is 1.65. The van der Waals surface area contributed by atoms with Crippen LogP contribution in [0.4, 0.5) is 5.69 Å². The van der Waals surface area contributed by atoms with Crippen LogP contribution in [0, 0.1) is 6.92 Å². The Hall–Kier alpha value is -1.75. The first kappa shape index (κ1) is 13.7. The van der Waals surface area contributed by atoms with Crippen molar-refractivity contribution in [2.75, 3.05) is 18.9 Å². The van der Waals surface area contributed by atoms with Gasteiger partial charge in [-0.05, 0) is 26.0 Å². The molecular weight excluding hydrogens is 260 g/mol. The number of aryl methyl sites for hydroxylation is 1. The van der Waals surface area contributed by atoms with Crippen LogP contribution in [-0.4, -0.2) is 18.2 Å². The van der Waals surface area contributed by atoms with E-state index >= 15 is 0 Å². The summed E-state index contributed by atoms with van der Waals surface area (Å²) in [7, 11) is 0. The number of nitrogens with zero attached hydrogens (tertiary/aromatic N) is 1. The highest BCUT2D eigenvalue weighted by atomic mass is 32.1. The number of nitrogens with two attached hydrogens (primary N) is 1. The Bertz CT molecular complexity index is 540. The van der Waals surface area contributed by atoms with Gasteiger partial charge in [0, 0.05) is 11.3 Å². The van der Waals surface area contributed by atoms with E-state index in [1.807, 2.05) is 37.6 Å². The van der Waals surface area contributed by atoms with E-state index in [9.17, 15) is 0 Å². The first-order valence-corrected chi connectivity index (χ1v) is 7.13. The SMILES string of the molecule is CCOc1cccc(OCCc2scnc2C)c1N. The van der Waals surface area contributed by atoms with Crippen molar-refractivity contribution in [1.82, 2.24) is 4.98 Å². The fraction of sp³-hybridized carbons (Fsp3) is 0.357. The summed E-state index contributed by atoms with van der Waals surface area (Å²) in [5.74, 6) is 1.35. The van der Waals surface area contributed by atoms with Crippen molar-refractivity contribution in [3.8, 4) is 11.5 Å². The number of para-hydroxylation sites is 1. The summed E-state index contributed by atoms with van der Waals surface area (Å²) in [6.07, 6.45) is 0.842. The Morgan fingerprint density at radius 3 is 2.63 bits per heavy atom. The molecule has 19 heavy (non-hydrogen) atoms. The summed E-state index contributed by atoms with van der Waals surface area (Å²) in [6, 6.07) is 5.59. The number of hydrogen-bond acceptors (Lipinski definition) is 5. The number of anilines is 1. The van der Waals surface area contributed by atoms with E-state index in [1.165, 1.54) is 4.88 Å². The Balaban J connectivity index is 1.96. The minimum Gasteiger partial charge on any atom is -0.492 e. The first-order chi connectivity index (χ1) is 9.22. The fourth-order valence-electron chi connectivity index (χ4n) is 1.75. The van der Waals surface area contributed by atoms with Crippen LogP contribution in [0.5, 0.6) is 11.5 Å². The fourth-order valence-corrected chi connectivity index (χ4v) is 2.51. The van der Waals surface area contributed by atoms with E-state index in [1.54, 1.807) is 11.3 Å². The molecule has 5 heteroatoms. The van der Waals surface area contributed by atoms with Gasteiger partial charge in [0.05, 0.1) is 24.4 Å². The van der Waals surface area contributed by atoms with E-state index in [0.717, 1.165) is 12.1 Å². The molecule has 1 aromatic heterocycles. The molecule has 4 nitrogen and oxygen atoms in total. The average molecular weight is 278 g/mol. The van der Waals surface area contributed by atoms with Gasteiger partial charge in [-0.2, -0.15) is 0 Å². The smallest absolute Gasteiger partial charge is 0.146 e. The normalized spacial score (nSPS) is 10.4. The van der Waals surface area contributed by atoms with E-state index < -0.39 is 0 Å². The molecular formula is C14H18N2O2S. The van der Waals surface area contributed by atoms with Crippen molar-refractivity contribution in [3.05, 3.63) is 34.3 Å². The number of hydrogen-bond donors (Lipinski definition) is 1. The van der Waals surface area contributed by atoms with Crippen molar-refractivity contribution in [2.24, 2.45) is 0 Å². The highest BCUT2D eigenvalue weighted by molar-refractivity contribution is 7.09. The zero-order valence-electron chi connectivity index (χ0n) is 11.2. The number of ether oxygens (including phenoxy) is 2. The van der Waals surface area contributed by atoms with Crippen molar-refractivity contribution in [1.29, 1.82) is 0 Å². The lowest BCUT2D eigenvalue weighted by Gasteiger charge is -2.12. The predicted octanol–water partition coefficient (Wildman–Crippen LogP) is 3.05. The second-order valence-electron chi connectivity index (χ2n) is 4.06. The van der Waals surface area contributed by atoms with Crippen molar-refractivity contribution >= 4 is 17.0 Å². The van der Waals surface area contributed by atoms with Crippen molar-refractivity contribution in [3.63, 3.8) is 0 Å². The van der Waals surface area contributed by atoms with Crippen LogP contribution in [-0.2, 0) is 6.42 Å². The zero-order valence-corrected chi connectivity index (χ0v) is 12.0. The van der Waals surface area contributed by atoms with Crippen molar-refractivity contribution < 1.29 is 9.47 Å². The molecule has 102 valence electrons.